The van der Waals surface area contributed by atoms with Gasteiger partial charge in [0.1, 0.15) is 0 Å². The van der Waals surface area contributed by atoms with Crippen molar-refractivity contribution in [1.29, 1.82) is 0 Å². The maximum absolute atomic E-state index is 11.1. The first kappa shape index (κ1) is 14.4. The number of carbonyl (C=O) groups excluding carboxylic acids is 1. The van der Waals surface area contributed by atoms with Gasteiger partial charge in [0.2, 0.25) is 5.91 Å². The van der Waals surface area contributed by atoms with Gasteiger partial charge in [-0.25, -0.2) is 0 Å². The average Bonchev–Trinajstić information content (AvgIpc) is 2.16. The topological polar surface area (TPSA) is 75.3 Å². The lowest BCUT2D eigenvalue weighted by atomic mass is 9.88. The molecule has 0 aromatic rings. The molecule has 4 N–H and O–H groups in total. The van der Waals surface area contributed by atoms with Crippen molar-refractivity contribution >= 4 is 5.91 Å². The highest BCUT2D eigenvalue weighted by Gasteiger charge is 2.25. The molecule has 0 aromatic heterocycles. The van der Waals surface area contributed by atoms with Crippen molar-refractivity contribution in [1.82, 2.24) is 5.32 Å². The number of nitrogens with two attached hydrogens (primary N) is 1. The number of primary amides is 1. The lowest BCUT2D eigenvalue weighted by Gasteiger charge is -2.29. The number of amides is 1. The fourth-order valence-electron chi connectivity index (χ4n) is 1.31. The second-order valence-electron chi connectivity index (χ2n) is 4.83. The van der Waals surface area contributed by atoms with Crippen LogP contribution in [0.2, 0.25) is 0 Å². The maximum atomic E-state index is 11.1. The van der Waals surface area contributed by atoms with Gasteiger partial charge < -0.3 is 16.2 Å². The normalized spacial score (nSPS) is 17.5. The van der Waals surface area contributed by atoms with Gasteiger partial charge in [-0.3, -0.25) is 4.79 Å². The SMILES string of the molecule is CCC(C)(CO)CNC(C(N)=O)C(C)C. The van der Waals surface area contributed by atoms with Gasteiger partial charge in [0.05, 0.1) is 6.04 Å². The number of nitrogens with one attached hydrogen (secondary N) is 1. The van der Waals surface area contributed by atoms with Gasteiger partial charge in [-0.15, -0.1) is 0 Å². The number of hydrogen-bond donors (Lipinski definition) is 3. The molecule has 0 saturated carbocycles. The van der Waals surface area contributed by atoms with Crippen LogP contribution in [0.15, 0.2) is 0 Å². The largest absolute Gasteiger partial charge is 0.396 e. The molecule has 0 bridgehead atoms. The lowest BCUT2D eigenvalue weighted by molar-refractivity contribution is -0.121. The highest BCUT2D eigenvalue weighted by Crippen LogP contribution is 2.19. The Morgan fingerprint density at radius 1 is 1.53 bits per heavy atom. The summed E-state index contributed by atoms with van der Waals surface area (Å²) >= 11 is 0. The van der Waals surface area contributed by atoms with E-state index in [-0.39, 0.29) is 29.9 Å². The predicted molar refractivity (Wildman–Crippen MR) is 61.3 cm³/mol. The number of rotatable bonds is 7. The lowest BCUT2D eigenvalue weighted by Crippen LogP contribution is -2.49. The van der Waals surface area contributed by atoms with E-state index in [2.05, 4.69) is 5.32 Å². The van der Waals surface area contributed by atoms with Crippen molar-refractivity contribution in [2.24, 2.45) is 17.1 Å². The molecule has 0 aliphatic rings. The Kier molecular flexibility index (Phi) is 5.83. The monoisotopic (exact) mass is 216 g/mol. The van der Waals surface area contributed by atoms with Gasteiger partial charge >= 0.3 is 0 Å². The van der Waals surface area contributed by atoms with E-state index in [1.165, 1.54) is 0 Å². The van der Waals surface area contributed by atoms with Crippen LogP contribution in [0.5, 0.6) is 0 Å². The van der Waals surface area contributed by atoms with Crippen molar-refractivity contribution in [3.05, 3.63) is 0 Å². The van der Waals surface area contributed by atoms with E-state index in [1.54, 1.807) is 0 Å². The van der Waals surface area contributed by atoms with Crippen LogP contribution in [0.3, 0.4) is 0 Å². The second kappa shape index (κ2) is 6.08. The highest BCUT2D eigenvalue weighted by atomic mass is 16.3. The molecule has 4 nitrogen and oxygen atoms in total. The predicted octanol–water partition coefficient (Wildman–Crippen LogP) is 0.494. The molecule has 0 aromatic carbocycles. The first-order valence-electron chi connectivity index (χ1n) is 5.50. The summed E-state index contributed by atoms with van der Waals surface area (Å²) < 4.78 is 0. The summed E-state index contributed by atoms with van der Waals surface area (Å²) in [7, 11) is 0. The third-order valence-corrected chi connectivity index (χ3v) is 2.96. The van der Waals surface area contributed by atoms with Crippen LogP contribution in [-0.2, 0) is 4.79 Å². The molecule has 1 amide bonds. The molecule has 0 aliphatic heterocycles. The molecule has 2 atom stereocenters. The van der Waals surface area contributed by atoms with Gasteiger partial charge in [0.15, 0.2) is 0 Å². The number of aliphatic hydroxyl groups excluding tert-OH is 1. The Hall–Kier alpha value is -0.610. The van der Waals surface area contributed by atoms with Crippen molar-refractivity contribution in [2.75, 3.05) is 13.2 Å². The van der Waals surface area contributed by atoms with Gasteiger partial charge in [-0.1, -0.05) is 27.7 Å². The van der Waals surface area contributed by atoms with Crippen LogP contribution in [-0.4, -0.2) is 30.2 Å². The molecule has 0 radical (unpaired) electrons. The smallest absolute Gasteiger partial charge is 0.234 e. The fourth-order valence-corrected chi connectivity index (χ4v) is 1.31. The zero-order valence-corrected chi connectivity index (χ0v) is 10.2. The summed E-state index contributed by atoms with van der Waals surface area (Å²) in [6.45, 7) is 8.62. The molecule has 0 heterocycles. The summed E-state index contributed by atoms with van der Waals surface area (Å²) in [5, 5.41) is 12.3. The first-order chi connectivity index (χ1) is 6.86. The first-order valence-corrected chi connectivity index (χ1v) is 5.50. The fraction of sp³-hybridized carbons (Fsp3) is 0.909. The zero-order valence-electron chi connectivity index (χ0n) is 10.2. The molecule has 4 heteroatoms. The third-order valence-electron chi connectivity index (χ3n) is 2.96. The van der Waals surface area contributed by atoms with Crippen LogP contribution in [0, 0.1) is 11.3 Å². The quantitative estimate of drug-likeness (QED) is 0.580. The summed E-state index contributed by atoms with van der Waals surface area (Å²) in [4.78, 5) is 11.1. The summed E-state index contributed by atoms with van der Waals surface area (Å²) in [5.74, 6) is -0.163. The molecular weight excluding hydrogens is 192 g/mol. The van der Waals surface area contributed by atoms with Gasteiger partial charge in [-0.2, -0.15) is 0 Å². The molecule has 0 spiro atoms. The van der Waals surface area contributed by atoms with Crippen molar-refractivity contribution in [2.45, 2.75) is 40.2 Å². The Morgan fingerprint density at radius 2 is 2.07 bits per heavy atom. The minimum absolute atomic E-state index is 0.111. The van der Waals surface area contributed by atoms with E-state index < -0.39 is 0 Å². The molecule has 0 saturated heterocycles. The molecule has 0 aliphatic carbocycles. The van der Waals surface area contributed by atoms with E-state index in [0.29, 0.717) is 6.54 Å². The van der Waals surface area contributed by atoms with Crippen LogP contribution < -0.4 is 11.1 Å². The number of aliphatic hydroxyl groups is 1. The van der Waals surface area contributed by atoms with Gasteiger partial charge in [-0.05, 0) is 12.3 Å². The third kappa shape index (κ3) is 4.62. The van der Waals surface area contributed by atoms with E-state index in [9.17, 15) is 9.90 Å². The second-order valence-corrected chi connectivity index (χ2v) is 4.83. The van der Waals surface area contributed by atoms with Crippen molar-refractivity contribution in [3.63, 3.8) is 0 Å². The standard InChI is InChI=1S/C11H24N2O2/c1-5-11(4,7-14)6-13-9(8(2)3)10(12)15/h8-9,13-14H,5-7H2,1-4H3,(H2,12,15). The van der Waals surface area contributed by atoms with Gasteiger partial charge in [0.25, 0.3) is 0 Å². The molecule has 2 unspecified atom stereocenters. The summed E-state index contributed by atoms with van der Waals surface area (Å²) in [6, 6.07) is -0.317. The zero-order chi connectivity index (χ0) is 12.1. The minimum atomic E-state index is -0.332. The molecular formula is C11H24N2O2. The van der Waals surface area contributed by atoms with Crippen LogP contribution in [0.1, 0.15) is 34.1 Å². The van der Waals surface area contributed by atoms with E-state index >= 15 is 0 Å². The van der Waals surface area contributed by atoms with Crippen LogP contribution in [0.25, 0.3) is 0 Å². The Morgan fingerprint density at radius 3 is 2.33 bits per heavy atom. The van der Waals surface area contributed by atoms with Crippen LogP contribution >= 0.6 is 0 Å². The molecule has 0 fully saturated rings. The molecule has 90 valence electrons. The Balaban J connectivity index is 4.27. The van der Waals surface area contributed by atoms with Crippen LogP contribution in [0.4, 0.5) is 0 Å². The Labute approximate surface area is 92.2 Å². The average molecular weight is 216 g/mol. The van der Waals surface area contributed by atoms with E-state index in [4.69, 9.17) is 5.73 Å². The van der Waals surface area contributed by atoms with Gasteiger partial charge in [0, 0.05) is 18.6 Å². The number of carbonyl (C=O) groups is 1. The van der Waals surface area contributed by atoms with E-state index in [1.807, 2.05) is 27.7 Å². The number of hydrogen-bond acceptors (Lipinski definition) is 3. The summed E-state index contributed by atoms with van der Waals surface area (Å²) in [5.41, 5.74) is 5.11. The van der Waals surface area contributed by atoms with Crippen molar-refractivity contribution < 1.29 is 9.90 Å². The summed E-state index contributed by atoms with van der Waals surface area (Å²) in [6.07, 6.45) is 0.861. The maximum Gasteiger partial charge on any atom is 0.234 e. The minimum Gasteiger partial charge on any atom is -0.396 e. The Bertz CT molecular complexity index is 201. The molecule has 0 rings (SSSR count). The van der Waals surface area contributed by atoms with E-state index in [0.717, 1.165) is 6.42 Å². The molecule has 15 heavy (non-hydrogen) atoms. The van der Waals surface area contributed by atoms with Crippen molar-refractivity contribution in [3.8, 4) is 0 Å². The highest BCUT2D eigenvalue weighted by molar-refractivity contribution is 5.80.